The molecular weight excluding hydrogens is 470 g/mol. The molecule has 1 saturated carbocycles. The van der Waals surface area contributed by atoms with Gasteiger partial charge < -0.3 is 24.6 Å². The lowest BCUT2D eigenvalue weighted by molar-refractivity contribution is -0.122. The highest BCUT2D eigenvalue weighted by molar-refractivity contribution is 5.99. The molecule has 1 heterocycles. The van der Waals surface area contributed by atoms with Crippen molar-refractivity contribution in [2.75, 3.05) is 39.2 Å². The molecule has 1 fully saturated rings. The zero-order chi connectivity index (χ0) is 26.5. The van der Waals surface area contributed by atoms with Gasteiger partial charge in [0.05, 0.1) is 17.7 Å². The van der Waals surface area contributed by atoms with Crippen LogP contribution in [0.15, 0.2) is 48.5 Å². The van der Waals surface area contributed by atoms with Gasteiger partial charge in [0.25, 0.3) is 11.8 Å². The molecule has 4 rings (SSSR count). The summed E-state index contributed by atoms with van der Waals surface area (Å²) in [7, 11) is 3.37. The first kappa shape index (κ1) is 26.7. The molecular formula is C29H37N3O5. The number of amides is 3. The molecule has 0 radical (unpaired) electrons. The molecule has 0 spiro atoms. The molecule has 0 unspecified atom stereocenters. The van der Waals surface area contributed by atoms with Gasteiger partial charge in [0.15, 0.2) is 0 Å². The molecule has 2 aromatic carbocycles. The van der Waals surface area contributed by atoms with E-state index in [2.05, 4.69) is 5.32 Å². The molecule has 198 valence electrons. The first-order chi connectivity index (χ1) is 17.8. The molecule has 0 bridgehead atoms. The maximum atomic E-state index is 13.5. The number of nitrogens with zero attached hydrogens (tertiary/aromatic N) is 2. The standard InChI is InChI=1S/C29H37N3O5/c1-19-16-32(28(34)22-9-6-5-7-10-22)20(2)18-37-25-15-23(30-27(33)21-11-8-12-21)13-14-24(25)29(35)31(3)17-26(19)36-4/h5-7,9-10,13-15,19-21,26H,8,11-12,16-18H2,1-4H3,(H,30,33)/t19-,20-,26-/m1/s1. The van der Waals surface area contributed by atoms with E-state index < -0.39 is 0 Å². The summed E-state index contributed by atoms with van der Waals surface area (Å²) in [5.41, 5.74) is 1.60. The maximum absolute atomic E-state index is 13.5. The van der Waals surface area contributed by atoms with Crippen LogP contribution < -0.4 is 10.1 Å². The molecule has 1 aliphatic carbocycles. The van der Waals surface area contributed by atoms with E-state index in [1.807, 2.05) is 49.1 Å². The van der Waals surface area contributed by atoms with E-state index >= 15 is 0 Å². The third-order valence-electron chi connectivity index (χ3n) is 7.47. The predicted molar refractivity (Wildman–Crippen MR) is 142 cm³/mol. The van der Waals surface area contributed by atoms with Crippen molar-refractivity contribution in [1.29, 1.82) is 0 Å². The van der Waals surface area contributed by atoms with Crippen molar-refractivity contribution in [2.45, 2.75) is 45.3 Å². The summed E-state index contributed by atoms with van der Waals surface area (Å²) >= 11 is 0. The Morgan fingerprint density at radius 2 is 1.78 bits per heavy atom. The van der Waals surface area contributed by atoms with Crippen LogP contribution >= 0.6 is 0 Å². The van der Waals surface area contributed by atoms with E-state index in [9.17, 15) is 14.4 Å². The van der Waals surface area contributed by atoms with Gasteiger partial charge in [-0.3, -0.25) is 14.4 Å². The van der Waals surface area contributed by atoms with Crippen molar-refractivity contribution >= 4 is 23.4 Å². The summed E-state index contributed by atoms with van der Waals surface area (Å²) < 4.78 is 12.0. The molecule has 1 N–H and O–H groups in total. The number of hydrogen-bond acceptors (Lipinski definition) is 5. The predicted octanol–water partition coefficient (Wildman–Crippen LogP) is 4.07. The highest BCUT2D eigenvalue weighted by atomic mass is 16.5. The van der Waals surface area contributed by atoms with Crippen LogP contribution in [0.3, 0.4) is 0 Å². The molecule has 3 amide bonds. The van der Waals surface area contributed by atoms with Crippen molar-refractivity contribution in [2.24, 2.45) is 11.8 Å². The molecule has 8 heteroatoms. The first-order valence-corrected chi connectivity index (χ1v) is 13.0. The van der Waals surface area contributed by atoms with Gasteiger partial charge in [0.2, 0.25) is 5.91 Å². The molecule has 2 aliphatic rings. The lowest BCUT2D eigenvalue weighted by Gasteiger charge is -2.36. The Balaban J connectivity index is 1.65. The Morgan fingerprint density at radius 1 is 1.05 bits per heavy atom. The van der Waals surface area contributed by atoms with Crippen molar-refractivity contribution < 1.29 is 23.9 Å². The number of ether oxygens (including phenoxy) is 2. The Labute approximate surface area is 218 Å². The minimum absolute atomic E-state index is 0.00674. The van der Waals surface area contributed by atoms with Crippen LogP contribution in [0, 0.1) is 11.8 Å². The summed E-state index contributed by atoms with van der Waals surface area (Å²) in [6, 6.07) is 14.1. The van der Waals surface area contributed by atoms with Crippen molar-refractivity contribution in [3.63, 3.8) is 0 Å². The molecule has 8 nitrogen and oxygen atoms in total. The van der Waals surface area contributed by atoms with Gasteiger partial charge in [-0.15, -0.1) is 0 Å². The maximum Gasteiger partial charge on any atom is 0.257 e. The second-order valence-electron chi connectivity index (χ2n) is 10.2. The second-order valence-corrected chi connectivity index (χ2v) is 10.2. The SMILES string of the molecule is CO[C@@H]1CN(C)C(=O)c2ccc(NC(=O)C3CCC3)cc2OC[C@@H](C)N(C(=O)c2ccccc2)C[C@H]1C. The minimum Gasteiger partial charge on any atom is -0.491 e. The highest BCUT2D eigenvalue weighted by Crippen LogP contribution is 2.30. The lowest BCUT2D eigenvalue weighted by atomic mass is 9.85. The van der Waals surface area contributed by atoms with Crippen LogP contribution in [0.5, 0.6) is 5.75 Å². The number of rotatable bonds is 4. The van der Waals surface area contributed by atoms with Crippen molar-refractivity contribution in [1.82, 2.24) is 9.80 Å². The Kier molecular flexibility index (Phi) is 8.48. The van der Waals surface area contributed by atoms with E-state index in [0.29, 0.717) is 35.7 Å². The van der Waals surface area contributed by atoms with Gasteiger partial charge in [-0.05, 0) is 44.0 Å². The molecule has 37 heavy (non-hydrogen) atoms. The first-order valence-electron chi connectivity index (χ1n) is 13.0. The number of nitrogens with one attached hydrogen (secondary N) is 1. The smallest absolute Gasteiger partial charge is 0.257 e. The number of methoxy groups -OCH3 is 1. The van der Waals surface area contributed by atoms with Crippen LogP contribution in [-0.4, -0.2) is 73.5 Å². The van der Waals surface area contributed by atoms with E-state index in [1.54, 1.807) is 37.3 Å². The molecule has 3 atom stereocenters. The van der Waals surface area contributed by atoms with Gasteiger partial charge in [-0.25, -0.2) is 0 Å². The normalized spacial score (nSPS) is 23.1. The van der Waals surface area contributed by atoms with Crippen LogP contribution in [0.4, 0.5) is 5.69 Å². The fourth-order valence-electron chi connectivity index (χ4n) is 4.79. The Morgan fingerprint density at radius 3 is 2.43 bits per heavy atom. The highest BCUT2D eigenvalue weighted by Gasteiger charge is 2.31. The number of likely N-dealkylation sites (N-methyl/N-ethyl adjacent to an activating group) is 1. The zero-order valence-electron chi connectivity index (χ0n) is 22.1. The summed E-state index contributed by atoms with van der Waals surface area (Å²) in [6.45, 7) is 4.97. The van der Waals surface area contributed by atoms with Gasteiger partial charge in [-0.1, -0.05) is 31.5 Å². The van der Waals surface area contributed by atoms with Crippen LogP contribution in [0.2, 0.25) is 0 Å². The third-order valence-corrected chi connectivity index (χ3v) is 7.47. The molecule has 0 saturated heterocycles. The van der Waals surface area contributed by atoms with Crippen molar-refractivity contribution in [3.8, 4) is 5.75 Å². The lowest BCUT2D eigenvalue weighted by Crippen LogP contribution is -2.48. The van der Waals surface area contributed by atoms with Crippen molar-refractivity contribution in [3.05, 3.63) is 59.7 Å². The zero-order valence-corrected chi connectivity index (χ0v) is 22.1. The number of benzene rings is 2. The van der Waals surface area contributed by atoms with Gasteiger partial charge >= 0.3 is 0 Å². The van der Waals surface area contributed by atoms with Crippen LogP contribution in [0.25, 0.3) is 0 Å². The van der Waals surface area contributed by atoms with E-state index in [-0.39, 0.29) is 48.3 Å². The van der Waals surface area contributed by atoms with Gasteiger partial charge in [-0.2, -0.15) is 0 Å². The van der Waals surface area contributed by atoms with E-state index in [0.717, 1.165) is 19.3 Å². The largest absolute Gasteiger partial charge is 0.491 e. The average Bonchev–Trinajstić information content (AvgIpc) is 2.86. The number of fused-ring (bicyclic) bond motifs is 1. The minimum atomic E-state index is -0.277. The van der Waals surface area contributed by atoms with Gasteiger partial charge in [0, 0.05) is 56.4 Å². The molecule has 0 aromatic heterocycles. The fourth-order valence-corrected chi connectivity index (χ4v) is 4.79. The topological polar surface area (TPSA) is 88.2 Å². The van der Waals surface area contributed by atoms with Gasteiger partial charge in [0.1, 0.15) is 12.4 Å². The average molecular weight is 508 g/mol. The Bertz CT molecular complexity index is 1120. The molecule has 2 aromatic rings. The quantitative estimate of drug-likeness (QED) is 0.674. The molecule has 1 aliphatic heterocycles. The van der Waals surface area contributed by atoms with Crippen LogP contribution in [-0.2, 0) is 9.53 Å². The summed E-state index contributed by atoms with van der Waals surface area (Å²) in [6.07, 6.45) is 2.61. The number of hydrogen-bond donors (Lipinski definition) is 1. The second kappa shape index (κ2) is 11.8. The number of carbonyl (C=O) groups is 3. The monoisotopic (exact) mass is 507 g/mol. The number of carbonyl (C=O) groups excluding carboxylic acids is 3. The van der Waals surface area contributed by atoms with E-state index in [4.69, 9.17) is 9.47 Å². The summed E-state index contributed by atoms with van der Waals surface area (Å²) in [5, 5.41) is 2.96. The third kappa shape index (κ3) is 6.13. The fraction of sp³-hybridized carbons (Fsp3) is 0.483. The summed E-state index contributed by atoms with van der Waals surface area (Å²) in [4.78, 5) is 42.9. The summed E-state index contributed by atoms with van der Waals surface area (Å²) in [5.74, 6) is 0.115. The van der Waals surface area contributed by atoms with Crippen LogP contribution in [0.1, 0.15) is 53.8 Å². The van der Waals surface area contributed by atoms with E-state index in [1.165, 1.54) is 0 Å². The number of anilines is 1. The Hall–Kier alpha value is -3.39.